The molecule has 1 aromatic rings. The molecule has 1 aromatic heterocycles. The standard InChI is InChI=1S/C24H28OS2/c1-23(2,3)17-14-16(15-18(22(17)25)24(4,5)6)21(20-11-9-13-27-20)19-10-7-8-12-26-19/h8-15H,7H2,1-6H3. The van der Waals surface area contributed by atoms with Crippen molar-refractivity contribution < 1.29 is 4.79 Å². The molecule has 1 aliphatic heterocycles. The molecule has 2 aliphatic rings. The van der Waals surface area contributed by atoms with Crippen LogP contribution in [-0.4, -0.2) is 5.78 Å². The van der Waals surface area contributed by atoms with Crippen molar-refractivity contribution in [2.24, 2.45) is 10.8 Å². The highest BCUT2D eigenvalue weighted by Crippen LogP contribution is 2.45. The molecule has 0 N–H and O–H groups in total. The van der Waals surface area contributed by atoms with Gasteiger partial charge in [0.2, 0.25) is 0 Å². The summed E-state index contributed by atoms with van der Waals surface area (Å²) in [6, 6.07) is 4.28. The molecule has 0 aromatic carbocycles. The SMILES string of the molecule is CC(C)(C)C1=CC(=C(C2=CCC=CS2)c2cccs2)C=C(C(C)(C)C)C1=O. The summed E-state index contributed by atoms with van der Waals surface area (Å²) in [5.41, 5.74) is 3.81. The van der Waals surface area contributed by atoms with Crippen molar-refractivity contribution >= 4 is 34.5 Å². The highest BCUT2D eigenvalue weighted by molar-refractivity contribution is 8.06. The molecule has 0 saturated heterocycles. The maximum atomic E-state index is 13.3. The third-order valence-electron chi connectivity index (χ3n) is 4.74. The Hall–Kier alpha value is -1.58. The van der Waals surface area contributed by atoms with Crippen molar-refractivity contribution in [3.05, 3.63) is 73.7 Å². The Morgan fingerprint density at radius 1 is 1.00 bits per heavy atom. The van der Waals surface area contributed by atoms with E-state index in [1.54, 1.807) is 23.1 Å². The van der Waals surface area contributed by atoms with Crippen LogP contribution in [0.3, 0.4) is 0 Å². The van der Waals surface area contributed by atoms with Crippen LogP contribution in [0.4, 0.5) is 0 Å². The summed E-state index contributed by atoms with van der Waals surface area (Å²) in [6.45, 7) is 12.8. The lowest BCUT2D eigenvalue weighted by Gasteiger charge is -2.32. The zero-order valence-corrected chi connectivity index (χ0v) is 18.7. The first-order chi connectivity index (χ1) is 12.6. The van der Waals surface area contributed by atoms with Crippen LogP contribution >= 0.6 is 23.1 Å². The Morgan fingerprint density at radius 3 is 2.07 bits per heavy atom. The maximum Gasteiger partial charge on any atom is 0.186 e. The molecule has 1 aliphatic carbocycles. The Kier molecular flexibility index (Phi) is 5.56. The van der Waals surface area contributed by atoms with Gasteiger partial charge in [0.15, 0.2) is 5.78 Å². The fraction of sp³-hybridized carbons (Fsp3) is 0.375. The summed E-state index contributed by atoms with van der Waals surface area (Å²) in [4.78, 5) is 15.8. The topological polar surface area (TPSA) is 17.1 Å². The van der Waals surface area contributed by atoms with Crippen molar-refractivity contribution in [2.45, 2.75) is 48.0 Å². The van der Waals surface area contributed by atoms with Gasteiger partial charge in [0.25, 0.3) is 0 Å². The molecule has 0 radical (unpaired) electrons. The number of allylic oxidation sites excluding steroid dienone is 8. The number of rotatable bonds is 2. The van der Waals surface area contributed by atoms with E-state index in [2.05, 4.69) is 88.8 Å². The Bertz CT molecular complexity index is 853. The Morgan fingerprint density at radius 2 is 1.63 bits per heavy atom. The molecule has 0 amide bonds. The van der Waals surface area contributed by atoms with Crippen LogP contribution in [0.25, 0.3) is 5.57 Å². The molecule has 0 fully saturated rings. The Labute approximate surface area is 171 Å². The second-order valence-electron chi connectivity index (χ2n) is 9.05. The second-order valence-corrected chi connectivity index (χ2v) is 10.9. The quantitative estimate of drug-likeness (QED) is 0.513. The van der Waals surface area contributed by atoms with E-state index >= 15 is 0 Å². The summed E-state index contributed by atoms with van der Waals surface area (Å²) < 4.78 is 0. The zero-order valence-electron chi connectivity index (χ0n) is 17.1. The molecule has 142 valence electrons. The molecule has 0 unspecified atom stereocenters. The lowest BCUT2D eigenvalue weighted by molar-refractivity contribution is -0.114. The number of ketones is 1. The first kappa shape index (κ1) is 20.2. The van der Waals surface area contributed by atoms with Crippen molar-refractivity contribution in [1.29, 1.82) is 0 Å². The smallest absolute Gasteiger partial charge is 0.186 e. The predicted octanol–water partition coefficient (Wildman–Crippen LogP) is 7.56. The van der Waals surface area contributed by atoms with Crippen LogP contribution in [0.15, 0.2) is 68.8 Å². The monoisotopic (exact) mass is 396 g/mol. The lowest BCUT2D eigenvalue weighted by Crippen LogP contribution is -2.28. The zero-order chi connectivity index (χ0) is 19.8. The van der Waals surface area contributed by atoms with E-state index in [1.165, 1.54) is 15.4 Å². The first-order valence-electron chi connectivity index (χ1n) is 9.38. The maximum absolute atomic E-state index is 13.3. The van der Waals surface area contributed by atoms with Crippen LogP contribution in [0, 0.1) is 10.8 Å². The molecule has 0 spiro atoms. The van der Waals surface area contributed by atoms with Crippen molar-refractivity contribution in [1.82, 2.24) is 0 Å². The van der Waals surface area contributed by atoms with Gasteiger partial charge in [-0.15, -0.1) is 11.3 Å². The van der Waals surface area contributed by atoms with E-state index in [1.807, 2.05) is 0 Å². The average molecular weight is 397 g/mol. The predicted molar refractivity (Wildman–Crippen MR) is 121 cm³/mol. The molecule has 3 rings (SSSR count). The van der Waals surface area contributed by atoms with Crippen molar-refractivity contribution in [3.8, 4) is 0 Å². The number of Topliss-reactive ketones (excluding diaryl/α,β-unsaturated/α-hetero) is 1. The van der Waals surface area contributed by atoms with Crippen LogP contribution in [0.2, 0.25) is 0 Å². The summed E-state index contributed by atoms with van der Waals surface area (Å²) in [5, 5.41) is 4.29. The molecule has 0 saturated carbocycles. The van der Waals surface area contributed by atoms with Gasteiger partial charge in [0, 0.05) is 26.5 Å². The fourth-order valence-electron chi connectivity index (χ4n) is 3.28. The van der Waals surface area contributed by atoms with E-state index in [-0.39, 0.29) is 16.6 Å². The van der Waals surface area contributed by atoms with E-state index in [4.69, 9.17) is 0 Å². The van der Waals surface area contributed by atoms with Gasteiger partial charge in [0.05, 0.1) is 0 Å². The van der Waals surface area contributed by atoms with E-state index < -0.39 is 0 Å². The van der Waals surface area contributed by atoms with Crippen LogP contribution in [-0.2, 0) is 4.79 Å². The molecule has 0 atom stereocenters. The molecule has 1 nitrogen and oxygen atoms in total. The minimum absolute atomic E-state index is 0.189. The first-order valence-corrected chi connectivity index (χ1v) is 11.1. The van der Waals surface area contributed by atoms with Crippen molar-refractivity contribution in [2.75, 3.05) is 0 Å². The average Bonchev–Trinajstić information content (AvgIpc) is 3.09. The highest BCUT2D eigenvalue weighted by Gasteiger charge is 2.35. The molecule has 3 heteroatoms. The van der Waals surface area contributed by atoms with Crippen LogP contribution in [0.5, 0.6) is 0 Å². The van der Waals surface area contributed by atoms with Gasteiger partial charge in [-0.25, -0.2) is 0 Å². The van der Waals surface area contributed by atoms with Gasteiger partial charge in [0.1, 0.15) is 0 Å². The van der Waals surface area contributed by atoms with Crippen LogP contribution < -0.4 is 0 Å². The molecule has 0 bridgehead atoms. The fourth-order valence-corrected chi connectivity index (χ4v) is 5.04. The molecular formula is C24H28OS2. The second kappa shape index (κ2) is 7.44. The molecule has 27 heavy (non-hydrogen) atoms. The number of thioether (sulfide) groups is 1. The summed E-state index contributed by atoms with van der Waals surface area (Å²) in [5.74, 6) is 0.189. The summed E-state index contributed by atoms with van der Waals surface area (Å²) >= 11 is 3.52. The van der Waals surface area contributed by atoms with Gasteiger partial charge in [-0.05, 0) is 51.8 Å². The number of hydrogen-bond acceptors (Lipinski definition) is 3. The van der Waals surface area contributed by atoms with Gasteiger partial charge in [-0.3, -0.25) is 4.79 Å². The number of carbonyl (C=O) groups is 1. The van der Waals surface area contributed by atoms with E-state index in [0.717, 1.165) is 23.1 Å². The van der Waals surface area contributed by atoms with Gasteiger partial charge in [-0.2, -0.15) is 0 Å². The molecule has 2 heterocycles. The Balaban J connectivity index is 2.30. The van der Waals surface area contributed by atoms with Gasteiger partial charge >= 0.3 is 0 Å². The minimum atomic E-state index is -0.193. The third kappa shape index (κ3) is 4.30. The lowest BCUT2D eigenvalue weighted by atomic mass is 9.71. The number of carbonyl (C=O) groups excluding carboxylic acids is 1. The van der Waals surface area contributed by atoms with Crippen LogP contribution in [0.1, 0.15) is 52.8 Å². The van der Waals surface area contributed by atoms with E-state index in [9.17, 15) is 4.79 Å². The van der Waals surface area contributed by atoms with Gasteiger partial charge in [-0.1, -0.05) is 71.5 Å². The molecular weight excluding hydrogens is 368 g/mol. The minimum Gasteiger partial charge on any atom is -0.289 e. The third-order valence-corrected chi connectivity index (χ3v) is 6.58. The number of thiophene rings is 1. The summed E-state index contributed by atoms with van der Waals surface area (Å²) in [7, 11) is 0. The van der Waals surface area contributed by atoms with E-state index in [0.29, 0.717) is 0 Å². The largest absolute Gasteiger partial charge is 0.289 e. The summed E-state index contributed by atoms with van der Waals surface area (Å²) in [6.07, 6.45) is 9.69. The van der Waals surface area contributed by atoms with Crippen molar-refractivity contribution in [3.63, 3.8) is 0 Å². The normalized spacial score (nSPS) is 18.2. The van der Waals surface area contributed by atoms with Gasteiger partial charge < -0.3 is 0 Å². The number of hydrogen-bond donors (Lipinski definition) is 0. The highest BCUT2D eigenvalue weighted by atomic mass is 32.2.